The number of rotatable bonds is 4. The lowest BCUT2D eigenvalue weighted by atomic mass is 10.1. The summed E-state index contributed by atoms with van der Waals surface area (Å²) < 4.78 is 10.4. The molecule has 0 amide bonds. The Balaban J connectivity index is 1.81. The first-order valence-electron chi connectivity index (χ1n) is 7.11. The van der Waals surface area contributed by atoms with E-state index in [4.69, 9.17) is 9.47 Å². The molecule has 24 heavy (non-hydrogen) atoms. The maximum atomic E-state index is 12.2. The molecule has 0 N–H and O–H groups in total. The van der Waals surface area contributed by atoms with Gasteiger partial charge in [0, 0.05) is 12.1 Å². The van der Waals surface area contributed by atoms with Crippen molar-refractivity contribution in [1.82, 2.24) is 0 Å². The summed E-state index contributed by atoms with van der Waals surface area (Å²) in [6, 6.07) is 16.1. The van der Waals surface area contributed by atoms with Gasteiger partial charge >= 0.3 is 5.97 Å². The van der Waals surface area contributed by atoms with Gasteiger partial charge in [-0.1, -0.05) is 12.1 Å². The predicted octanol–water partition coefficient (Wildman–Crippen LogP) is 3.98. The number of nitro groups is 1. The molecule has 3 aromatic carbocycles. The van der Waals surface area contributed by atoms with E-state index in [0.29, 0.717) is 5.56 Å². The number of hydrogen-bond donors (Lipinski definition) is 0. The molecule has 0 saturated carbocycles. The second-order valence-corrected chi connectivity index (χ2v) is 5.07. The van der Waals surface area contributed by atoms with Crippen molar-refractivity contribution in [1.29, 1.82) is 0 Å². The summed E-state index contributed by atoms with van der Waals surface area (Å²) in [6.07, 6.45) is 0. The molecule has 0 fully saturated rings. The fraction of sp³-hybridized carbons (Fsp3) is 0.0556. The van der Waals surface area contributed by atoms with Crippen LogP contribution in [0.15, 0.2) is 60.7 Å². The number of non-ortho nitro benzene ring substituents is 1. The van der Waals surface area contributed by atoms with Gasteiger partial charge in [-0.15, -0.1) is 0 Å². The molecular weight excluding hydrogens is 310 g/mol. The van der Waals surface area contributed by atoms with Crippen LogP contribution in [-0.2, 0) is 0 Å². The quantitative estimate of drug-likeness (QED) is 0.314. The smallest absolute Gasteiger partial charge is 0.343 e. The highest BCUT2D eigenvalue weighted by Crippen LogP contribution is 2.23. The predicted molar refractivity (Wildman–Crippen MR) is 88.6 cm³/mol. The van der Waals surface area contributed by atoms with Gasteiger partial charge in [0.2, 0.25) is 0 Å². The Bertz CT molecular complexity index is 918. The van der Waals surface area contributed by atoms with Crippen molar-refractivity contribution in [3.8, 4) is 11.5 Å². The number of fused-ring (bicyclic) bond motifs is 1. The molecule has 0 bridgehead atoms. The van der Waals surface area contributed by atoms with E-state index in [-0.39, 0.29) is 11.4 Å². The van der Waals surface area contributed by atoms with Crippen molar-refractivity contribution < 1.29 is 19.2 Å². The number of methoxy groups -OCH3 is 1. The number of esters is 1. The summed E-state index contributed by atoms with van der Waals surface area (Å²) in [4.78, 5) is 22.3. The Morgan fingerprint density at radius 1 is 0.917 bits per heavy atom. The molecule has 0 aromatic heterocycles. The van der Waals surface area contributed by atoms with Gasteiger partial charge in [-0.2, -0.15) is 0 Å². The largest absolute Gasteiger partial charge is 0.497 e. The minimum atomic E-state index is -0.526. The van der Waals surface area contributed by atoms with Gasteiger partial charge in [-0.25, -0.2) is 4.79 Å². The third-order valence-corrected chi connectivity index (χ3v) is 3.54. The Kier molecular flexibility index (Phi) is 4.11. The summed E-state index contributed by atoms with van der Waals surface area (Å²) in [7, 11) is 1.59. The topological polar surface area (TPSA) is 78.7 Å². The summed E-state index contributed by atoms with van der Waals surface area (Å²) in [5, 5.41) is 12.4. The Morgan fingerprint density at radius 2 is 1.54 bits per heavy atom. The second kappa shape index (κ2) is 6.37. The number of ether oxygens (including phenoxy) is 2. The van der Waals surface area contributed by atoms with E-state index in [0.717, 1.165) is 16.5 Å². The lowest BCUT2D eigenvalue weighted by Crippen LogP contribution is -2.08. The zero-order valence-corrected chi connectivity index (χ0v) is 12.8. The van der Waals surface area contributed by atoms with Gasteiger partial charge in [-0.05, 0) is 47.2 Å². The molecule has 3 aromatic rings. The van der Waals surface area contributed by atoms with Crippen LogP contribution in [0.25, 0.3) is 10.8 Å². The fourth-order valence-electron chi connectivity index (χ4n) is 2.28. The van der Waals surface area contributed by atoms with E-state index in [1.807, 2.05) is 24.3 Å². The molecule has 6 nitrogen and oxygen atoms in total. The molecule has 0 aliphatic carbocycles. The molecule has 0 unspecified atom stereocenters. The minimum absolute atomic E-state index is 0.0607. The molecule has 3 rings (SSSR count). The highest BCUT2D eigenvalue weighted by Gasteiger charge is 2.11. The number of nitrogens with zero attached hydrogens (tertiary/aromatic N) is 1. The van der Waals surface area contributed by atoms with E-state index in [2.05, 4.69) is 0 Å². The van der Waals surface area contributed by atoms with Crippen molar-refractivity contribution >= 4 is 22.4 Å². The van der Waals surface area contributed by atoms with Crippen molar-refractivity contribution in [2.24, 2.45) is 0 Å². The molecule has 120 valence electrons. The van der Waals surface area contributed by atoms with Crippen molar-refractivity contribution in [3.05, 3.63) is 76.3 Å². The normalized spacial score (nSPS) is 10.4. The lowest BCUT2D eigenvalue weighted by molar-refractivity contribution is -0.384. The third kappa shape index (κ3) is 3.17. The highest BCUT2D eigenvalue weighted by atomic mass is 16.6. The molecule has 0 aliphatic heterocycles. The summed E-state index contributed by atoms with van der Waals surface area (Å²) in [5.41, 5.74) is 0.334. The van der Waals surface area contributed by atoms with Gasteiger partial charge in [-0.3, -0.25) is 10.1 Å². The number of nitro benzene ring substituents is 1. The first-order valence-corrected chi connectivity index (χ1v) is 7.11. The molecule has 0 saturated heterocycles. The lowest BCUT2D eigenvalue weighted by Gasteiger charge is -2.06. The van der Waals surface area contributed by atoms with Crippen LogP contribution in [0.5, 0.6) is 11.5 Å². The van der Waals surface area contributed by atoms with E-state index in [1.54, 1.807) is 19.2 Å². The summed E-state index contributed by atoms with van der Waals surface area (Å²) >= 11 is 0. The minimum Gasteiger partial charge on any atom is -0.497 e. The molecule has 0 radical (unpaired) electrons. The molecule has 0 spiro atoms. The third-order valence-electron chi connectivity index (χ3n) is 3.54. The Labute approximate surface area is 137 Å². The SMILES string of the molecule is COc1ccc2cc(C(=O)Oc3ccc([N+](=O)[O-])cc3)ccc2c1. The van der Waals surface area contributed by atoms with Crippen molar-refractivity contribution in [2.45, 2.75) is 0 Å². The summed E-state index contributed by atoms with van der Waals surface area (Å²) in [6.45, 7) is 0. The maximum Gasteiger partial charge on any atom is 0.343 e. The monoisotopic (exact) mass is 323 g/mol. The first kappa shape index (κ1) is 15.5. The number of benzene rings is 3. The van der Waals surface area contributed by atoms with Gasteiger partial charge in [0.1, 0.15) is 11.5 Å². The highest BCUT2D eigenvalue weighted by molar-refractivity contribution is 5.96. The average Bonchev–Trinajstić information content (AvgIpc) is 2.61. The van der Waals surface area contributed by atoms with Gasteiger partial charge < -0.3 is 9.47 Å². The van der Waals surface area contributed by atoms with Crippen LogP contribution < -0.4 is 9.47 Å². The number of hydrogen-bond acceptors (Lipinski definition) is 5. The average molecular weight is 323 g/mol. The zero-order valence-electron chi connectivity index (χ0n) is 12.8. The van der Waals surface area contributed by atoms with Crippen LogP contribution in [0.3, 0.4) is 0 Å². The van der Waals surface area contributed by atoms with E-state index in [1.165, 1.54) is 24.3 Å². The molecule has 0 aliphatic rings. The second-order valence-electron chi connectivity index (χ2n) is 5.07. The van der Waals surface area contributed by atoms with Crippen LogP contribution >= 0.6 is 0 Å². The van der Waals surface area contributed by atoms with Crippen LogP contribution in [0.4, 0.5) is 5.69 Å². The van der Waals surface area contributed by atoms with E-state index in [9.17, 15) is 14.9 Å². The zero-order chi connectivity index (χ0) is 17.1. The number of carbonyl (C=O) groups excluding carboxylic acids is 1. The Morgan fingerprint density at radius 3 is 2.21 bits per heavy atom. The van der Waals surface area contributed by atoms with Crippen LogP contribution in [-0.4, -0.2) is 18.0 Å². The van der Waals surface area contributed by atoms with E-state index < -0.39 is 10.9 Å². The van der Waals surface area contributed by atoms with E-state index >= 15 is 0 Å². The molecule has 0 heterocycles. The molecule has 0 atom stereocenters. The van der Waals surface area contributed by atoms with Gasteiger partial charge in [0.25, 0.3) is 5.69 Å². The molecule has 6 heteroatoms. The Hall–Kier alpha value is -3.41. The molecular formula is C18H13NO5. The summed E-state index contributed by atoms with van der Waals surface area (Å²) in [5.74, 6) is 0.464. The standard InChI is InChI=1S/C18H13NO5/c1-23-17-7-4-12-10-14(3-2-13(12)11-17)18(20)24-16-8-5-15(6-9-16)19(21)22/h2-11H,1H3. The van der Waals surface area contributed by atoms with Gasteiger partial charge in [0.15, 0.2) is 0 Å². The number of carbonyl (C=O) groups is 1. The van der Waals surface area contributed by atoms with Crippen LogP contribution in [0.2, 0.25) is 0 Å². The van der Waals surface area contributed by atoms with Crippen LogP contribution in [0.1, 0.15) is 10.4 Å². The van der Waals surface area contributed by atoms with Crippen molar-refractivity contribution in [2.75, 3.05) is 7.11 Å². The first-order chi connectivity index (χ1) is 11.6. The maximum absolute atomic E-state index is 12.2. The van der Waals surface area contributed by atoms with Crippen LogP contribution in [0, 0.1) is 10.1 Å². The van der Waals surface area contributed by atoms with Crippen molar-refractivity contribution in [3.63, 3.8) is 0 Å². The van der Waals surface area contributed by atoms with Gasteiger partial charge in [0.05, 0.1) is 17.6 Å². The fourth-order valence-corrected chi connectivity index (χ4v) is 2.28.